The number of carboxylic acid groups (broad SMARTS) is 1. The summed E-state index contributed by atoms with van der Waals surface area (Å²) >= 11 is 0. The number of aliphatic carboxylic acids is 1. The van der Waals surface area contributed by atoms with Gasteiger partial charge in [-0.25, -0.2) is 8.42 Å². The molecule has 0 saturated carbocycles. The van der Waals surface area contributed by atoms with Crippen LogP contribution in [0, 0.1) is 5.92 Å². The third kappa shape index (κ3) is 5.56. The lowest BCUT2D eigenvalue weighted by atomic mass is 9.99. The summed E-state index contributed by atoms with van der Waals surface area (Å²) in [5.74, 6) is -2.17. The van der Waals surface area contributed by atoms with E-state index in [1.54, 1.807) is 0 Å². The molecule has 28 heavy (non-hydrogen) atoms. The number of benzene rings is 2. The van der Waals surface area contributed by atoms with Crippen molar-refractivity contribution < 1.29 is 28.2 Å². The predicted molar refractivity (Wildman–Crippen MR) is 106 cm³/mol. The molecule has 0 amide bonds. The summed E-state index contributed by atoms with van der Waals surface area (Å²) in [5, 5.41) is 17.8. The van der Waals surface area contributed by atoms with Crippen molar-refractivity contribution in [3.8, 4) is 5.75 Å². The molecule has 2 aromatic rings. The van der Waals surface area contributed by atoms with Gasteiger partial charge in [-0.1, -0.05) is 36.8 Å². The van der Waals surface area contributed by atoms with Crippen molar-refractivity contribution in [2.75, 3.05) is 13.7 Å². The van der Waals surface area contributed by atoms with E-state index in [1.165, 1.54) is 31.4 Å². The van der Waals surface area contributed by atoms with E-state index < -0.39 is 33.6 Å². The number of unbranched alkanes of at least 4 members (excludes halogenated alkanes) is 1. The quantitative estimate of drug-likeness (QED) is 0.557. The molecule has 0 fully saturated rings. The summed E-state index contributed by atoms with van der Waals surface area (Å²) in [6.45, 7) is -0.728. The van der Waals surface area contributed by atoms with Crippen molar-refractivity contribution in [2.24, 2.45) is 5.92 Å². The molecule has 0 saturated heterocycles. The van der Waals surface area contributed by atoms with Crippen LogP contribution in [0.15, 0.2) is 59.5 Å². The van der Waals surface area contributed by atoms with Gasteiger partial charge in [-0.3, -0.25) is 4.79 Å². The first-order valence-corrected chi connectivity index (χ1v) is 10.7. The number of carboxylic acids is 1. The van der Waals surface area contributed by atoms with E-state index in [2.05, 4.69) is 0 Å². The summed E-state index contributed by atoms with van der Waals surface area (Å²) < 4.78 is 31.2. The van der Waals surface area contributed by atoms with Crippen LogP contribution in [0.25, 0.3) is 0 Å². The first-order chi connectivity index (χ1) is 13.4. The Balaban J connectivity index is 2.16. The van der Waals surface area contributed by atoms with Crippen LogP contribution in [0.4, 0.5) is 0 Å². The molecule has 2 rings (SSSR count). The number of rotatable bonds is 11. The predicted octanol–water partition coefficient (Wildman–Crippen LogP) is 2.94. The Morgan fingerprint density at radius 3 is 2.21 bits per heavy atom. The molecule has 0 radical (unpaired) electrons. The van der Waals surface area contributed by atoms with Gasteiger partial charge < -0.3 is 14.9 Å². The lowest BCUT2D eigenvalue weighted by molar-refractivity contribution is -0.143. The Kier molecular flexibility index (Phi) is 8.02. The highest BCUT2D eigenvalue weighted by Gasteiger charge is 2.38. The average Bonchev–Trinajstić information content (AvgIpc) is 2.70. The van der Waals surface area contributed by atoms with Gasteiger partial charge in [-0.2, -0.15) is 0 Å². The fourth-order valence-electron chi connectivity index (χ4n) is 3.19. The normalized spacial score (nSPS) is 13.6. The lowest BCUT2D eigenvalue weighted by Gasteiger charge is -2.23. The third-order valence-corrected chi connectivity index (χ3v) is 7.09. The number of hydrogen-bond acceptors (Lipinski definition) is 5. The molecular formula is C21H26O6S. The zero-order valence-corrected chi connectivity index (χ0v) is 16.6. The van der Waals surface area contributed by atoms with Crippen molar-refractivity contribution in [3.05, 3.63) is 60.2 Å². The van der Waals surface area contributed by atoms with Gasteiger partial charge in [0.05, 0.1) is 29.8 Å². The molecule has 0 spiro atoms. The lowest BCUT2D eigenvalue weighted by Crippen LogP contribution is -2.37. The van der Waals surface area contributed by atoms with Crippen molar-refractivity contribution >= 4 is 15.8 Å². The second kappa shape index (κ2) is 10.2. The van der Waals surface area contributed by atoms with Gasteiger partial charge in [0.25, 0.3) is 0 Å². The minimum atomic E-state index is -3.92. The first kappa shape index (κ1) is 21.9. The first-order valence-electron chi connectivity index (χ1n) is 9.15. The standard InChI is InChI=1S/C21H26O6S/c1-27-17-11-13-18(14-12-17)28(25,26)20(19(15-22)21(23)24)10-6-5-9-16-7-3-2-4-8-16/h2-4,7-8,11-14,19-20,22H,5-6,9-10,15H2,1H3,(H,23,24)/t19-,20+/m0/s1. The number of sulfone groups is 1. The summed E-state index contributed by atoms with van der Waals surface area (Å²) in [6, 6.07) is 15.7. The zero-order chi connectivity index (χ0) is 20.6. The maximum Gasteiger partial charge on any atom is 0.310 e. The Morgan fingerprint density at radius 1 is 1.04 bits per heavy atom. The molecule has 0 bridgehead atoms. The van der Waals surface area contributed by atoms with Gasteiger partial charge in [0, 0.05) is 0 Å². The molecule has 2 N–H and O–H groups in total. The van der Waals surface area contributed by atoms with Gasteiger partial charge in [-0.15, -0.1) is 0 Å². The zero-order valence-electron chi connectivity index (χ0n) is 15.8. The van der Waals surface area contributed by atoms with Crippen LogP contribution < -0.4 is 4.74 Å². The van der Waals surface area contributed by atoms with E-state index in [-0.39, 0.29) is 11.3 Å². The van der Waals surface area contributed by atoms with E-state index >= 15 is 0 Å². The third-order valence-electron chi connectivity index (χ3n) is 4.80. The molecule has 152 valence electrons. The van der Waals surface area contributed by atoms with Crippen molar-refractivity contribution in [1.82, 2.24) is 0 Å². The SMILES string of the molecule is COc1ccc(S(=O)(=O)[C@H](CCCCc2ccccc2)[C@H](CO)C(=O)O)cc1. The Labute approximate surface area is 165 Å². The van der Waals surface area contributed by atoms with Gasteiger partial charge in [0.2, 0.25) is 0 Å². The van der Waals surface area contributed by atoms with Crippen LogP contribution in [0.3, 0.4) is 0 Å². The largest absolute Gasteiger partial charge is 0.497 e. The van der Waals surface area contributed by atoms with Gasteiger partial charge >= 0.3 is 5.97 Å². The molecule has 7 heteroatoms. The van der Waals surface area contributed by atoms with E-state index in [4.69, 9.17) is 4.74 Å². The van der Waals surface area contributed by atoms with Gasteiger partial charge in [-0.05, 0) is 49.1 Å². The van der Waals surface area contributed by atoms with Crippen LogP contribution >= 0.6 is 0 Å². The minimum absolute atomic E-state index is 0.0288. The molecule has 2 atom stereocenters. The topological polar surface area (TPSA) is 101 Å². The van der Waals surface area contributed by atoms with Crippen LogP contribution in [0.1, 0.15) is 24.8 Å². The maximum atomic E-state index is 13.1. The average molecular weight is 407 g/mol. The highest BCUT2D eigenvalue weighted by atomic mass is 32.2. The molecule has 0 heterocycles. The number of aryl methyl sites for hydroxylation is 1. The molecule has 0 unspecified atom stereocenters. The molecule has 6 nitrogen and oxygen atoms in total. The van der Waals surface area contributed by atoms with Crippen LogP contribution in [0.5, 0.6) is 5.75 Å². The van der Waals surface area contributed by atoms with E-state index in [0.717, 1.165) is 18.4 Å². The number of methoxy groups -OCH3 is 1. The fourth-order valence-corrected chi connectivity index (χ4v) is 5.16. The van der Waals surface area contributed by atoms with E-state index in [9.17, 15) is 23.4 Å². The molecule has 0 aliphatic heterocycles. The van der Waals surface area contributed by atoms with Gasteiger partial charge in [0.15, 0.2) is 9.84 Å². The maximum absolute atomic E-state index is 13.1. The minimum Gasteiger partial charge on any atom is -0.497 e. The van der Waals surface area contributed by atoms with Gasteiger partial charge in [0.1, 0.15) is 5.75 Å². The van der Waals surface area contributed by atoms with Crippen LogP contribution in [-0.2, 0) is 21.1 Å². The molecule has 0 aliphatic carbocycles. The summed E-state index contributed by atoms with van der Waals surface area (Å²) in [4.78, 5) is 11.6. The Bertz CT molecular complexity index is 846. The van der Waals surface area contributed by atoms with Crippen molar-refractivity contribution in [2.45, 2.75) is 35.8 Å². The highest BCUT2D eigenvalue weighted by Crippen LogP contribution is 2.28. The highest BCUT2D eigenvalue weighted by molar-refractivity contribution is 7.92. The number of aliphatic hydroxyl groups excluding tert-OH is 1. The van der Waals surface area contributed by atoms with Crippen LogP contribution in [-0.4, -0.2) is 43.6 Å². The fraction of sp³-hybridized carbons (Fsp3) is 0.381. The van der Waals surface area contributed by atoms with Crippen LogP contribution in [0.2, 0.25) is 0 Å². The summed E-state index contributed by atoms with van der Waals surface area (Å²) in [6.07, 6.45) is 2.22. The Morgan fingerprint density at radius 2 is 1.68 bits per heavy atom. The summed E-state index contributed by atoms with van der Waals surface area (Å²) in [7, 11) is -2.45. The second-order valence-corrected chi connectivity index (χ2v) is 8.78. The van der Waals surface area contributed by atoms with Crippen molar-refractivity contribution in [1.29, 1.82) is 0 Å². The molecule has 2 aromatic carbocycles. The smallest absolute Gasteiger partial charge is 0.310 e. The van der Waals surface area contributed by atoms with E-state index in [0.29, 0.717) is 12.2 Å². The van der Waals surface area contributed by atoms with E-state index in [1.807, 2.05) is 30.3 Å². The number of aliphatic hydroxyl groups is 1. The molecular weight excluding hydrogens is 380 g/mol. The number of hydrogen-bond donors (Lipinski definition) is 2. The summed E-state index contributed by atoms with van der Waals surface area (Å²) in [5.41, 5.74) is 1.15. The molecule has 0 aromatic heterocycles. The Hall–Kier alpha value is -2.38. The number of ether oxygens (including phenoxy) is 1. The van der Waals surface area contributed by atoms with Crippen molar-refractivity contribution in [3.63, 3.8) is 0 Å². The second-order valence-electron chi connectivity index (χ2n) is 6.62. The monoisotopic (exact) mass is 406 g/mol. The number of carbonyl (C=O) groups is 1. The molecule has 0 aliphatic rings.